The zero-order chi connectivity index (χ0) is 14.4. The number of imidazole rings is 1. The minimum atomic E-state index is -0.0510. The van der Waals surface area contributed by atoms with Gasteiger partial charge in [-0.05, 0) is 42.8 Å². The molecule has 1 aliphatic carbocycles. The molecule has 1 aromatic carbocycles. The number of hydrogen-bond acceptors (Lipinski definition) is 5. The highest BCUT2D eigenvalue weighted by atomic mass is 32.2. The van der Waals surface area contributed by atoms with Crippen LogP contribution >= 0.6 is 11.8 Å². The zero-order valence-electron chi connectivity index (χ0n) is 11.1. The minimum Gasteiger partial charge on any atom is -0.399 e. The number of aromatic nitrogens is 4. The number of benzene rings is 1. The fourth-order valence-corrected chi connectivity index (χ4v) is 3.05. The number of nitrogen functional groups attached to an aromatic ring is 1. The maximum atomic E-state index is 12.3. The summed E-state index contributed by atoms with van der Waals surface area (Å²) in [6.07, 6.45) is 5.56. The molecule has 4 rings (SSSR count). The number of aromatic amines is 1. The predicted octanol–water partition coefficient (Wildman–Crippen LogP) is 2.19. The molecule has 0 radical (unpaired) electrons. The first-order valence-electron chi connectivity index (χ1n) is 6.71. The van der Waals surface area contributed by atoms with Crippen molar-refractivity contribution in [1.29, 1.82) is 0 Å². The van der Waals surface area contributed by atoms with E-state index in [9.17, 15) is 4.79 Å². The van der Waals surface area contributed by atoms with Gasteiger partial charge in [0.2, 0.25) is 0 Å². The molecule has 1 fully saturated rings. The molecule has 3 N–H and O–H groups in total. The third-order valence-electron chi connectivity index (χ3n) is 3.45. The van der Waals surface area contributed by atoms with Crippen molar-refractivity contribution in [3.8, 4) is 0 Å². The van der Waals surface area contributed by atoms with Gasteiger partial charge in [0.15, 0.2) is 10.2 Å². The van der Waals surface area contributed by atoms with E-state index in [1.165, 1.54) is 11.8 Å². The minimum absolute atomic E-state index is 0.0510. The molecule has 21 heavy (non-hydrogen) atoms. The van der Waals surface area contributed by atoms with Crippen molar-refractivity contribution in [2.24, 2.45) is 0 Å². The van der Waals surface area contributed by atoms with Crippen molar-refractivity contribution in [2.45, 2.75) is 29.1 Å². The number of nitrogens with one attached hydrogen (secondary N) is 1. The highest BCUT2D eigenvalue weighted by Gasteiger charge is 2.25. The van der Waals surface area contributed by atoms with Crippen LogP contribution in [-0.4, -0.2) is 19.5 Å². The maximum absolute atomic E-state index is 12.3. The van der Waals surface area contributed by atoms with Crippen LogP contribution in [0.2, 0.25) is 0 Å². The van der Waals surface area contributed by atoms with E-state index in [4.69, 9.17) is 5.73 Å². The number of nitrogens with two attached hydrogens (primary N) is 1. The fourth-order valence-electron chi connectivity index (χ4n) is 2.26. The summed E-state index contributed by atoms with van der Waals surface area (Å²) in [5, 5.41) is 1.09. The number of rotatable bonds is 3. The molecule has 0 bridgehead atoms. The van der Waals surface area contributed by atoms with E-state index in [1.807, 2.05) is 12.1 Å². The van der Waals surface area contributed by atoms with Gasteiger partial charge in [-0.3, -0.25) is 4.79 Å². The lowest BCUT2D eigenvalue weighted by atomic mass is 10.3. The molecular formula is C14H13N5OS. The van der Waals surface area contributed by atoms with E-state index in [1.54, 1.807) is 23.0 Å². The van der Waals surface area contributed by atoms with E-state index >= 15 is 0 Å². The molecule has 0 aliphatic heterocycles. The van der Waals surface area contributed by atoms with Crippen LogP contribution < -0.4 is 11.3 Å². The van der Waals surface area contributed by atoms with Gasteiger partial charge >= 0.3 is 0 Å². The van der Waals surface area contributed by atoms with E-state index in [-0.39, 0.29) is 5.56 Å². The average molecular weight is 299 g/mol. The summed E-state index contributed by atoms with van der Waals surface area (Å²) in [6, 6.07) is 5.83. The molecule has 0 unspecified atom stereocenters. The predicted molar refractivity (Wildman–Crippen MR) is 81.4 cm³/mol. The van der Waals surface area contributed by atoms with Crippen LogP contribution in [0.5, 0.6) is 0 Å². The second-order valence-electron chi connectivity index (χ2n) is 5.10. The summed E-state index contributed by atoms with van der Waals surface area (Å²) < 4.78 is 1.76. The number of fused-ring (bicyclic) bond motifs is 1. The van der Waals surface area contributed by atoms with Gasteiger partial charge in [-0.2, -0.15) is 0 Å². The van der Waals surface area contributed by atoms with Gasteiger partial charge < -0.3 is 15.3 Å². The first-order valence-corrected chi connectivity index (χ1v) is 7.52. The van der Waals surface area contributed by atoms with Crippen molar-refractivity contribution in [2.75, 3.05) is 5.73 Å². The second-order valence-corrected chi connectivity index (χ2v) is 6.07. The van der Waals surface area contributed by atoms with Crippen LogP contribution in [0, 0.1) is 0 Å². The Morgan fingerprint density at radius 3 is 3.05 bits per heavy atom. The fraction of sp³-hybridized carbons (Fsp3) is 0.214. The third kappa shape index (κ3) is 2.29. The monoisotopic (exact) mass is 299 g/mol. The molecule has 0 amide bonds. The van der Waals surface area contributed by atoms with Crippen molar-refractivity contribution in [3.63, 3.8) is 0 Å². The first-order chi connectivity index (χ1) is 10.2. The van der Waals surface area contributed by atoms with Gasteiger partial charge in [0.1, 0.15) is 0 Å². The van der Waals surface area contributed by atoms with Gasteiger partial charge in [0, 0.05) is 24.1 Å². The summed E-state index contributed by atoms with van der Waals surface area (Å²) in [7, 11) is 0. The van der Waals surface area contributed by atoms with Gasteiger partial charge in [-0.25, -0.2) is 9.97 Å². The standard InChI is InChI=1S/C14H13N5OS/c15-8-1-4-10-11(7-8)18-14(17-10)21-12-13(20)19(6-5-16-12)9-2-3-9/h1,4-7,9H,2-3,15H2,(H,17,18). The van der Waals surface area contributed by atoms with Crippen LogP contribution in [0.3, 0.4) is 0 Å². The Morgan fingerprint density at radius 2 is 2.24 bits per heavy atom. The smallest absolute Gasteiger partial charge is 0.283 e. The van der Waals surface area contributed by atoms with E-state index in [2.05, 4.69) is 15.0 Å². The molecule has 3 aromatic rings. The molecular weight excluding hydrogens is 286 g/mol. The summed E-state index contributed by atoms with van der Waals surface area (Å²) in [5.74, 6) is 0. The number of H-pyrrole nitrogens is 1. The molecule has 7 heteroatoms. The number of hydrogen-bond donors (Lipinski definition) is 2. The Bertz CT molecular complexity index is 880. The Balaban J connectivity index is 1.71. The SMILES string of the molecule is Nc1ccc2nc(Sc3nccn(C4CC4)c3=O)[nH]c2c1. The van der Waals surface area contributed by atoms with Crippen molar-refractivity contribution >= 4 is 28.5 Å². The third-order valence-corrected chi connectivity index (χ3v) is 4.31. The lowest BCUT2D eigenvalue weighted by Gasteiger charge is -2.03. The lowest BCUT2D eigenvalue weighted by molar-refractivity contribution is 0.674. The number of nitrogens with zero attached hydrogens (tertiary/aromatic N) is 3. The number of anilines is 1. The lowest BCUT2D eigenvalue weighted by Crippen LogP contribution is -2.20. The summed E-state index contributed by atoms with van der Waals surface area (Å²) in [4.78, 5) is 24.1. The highest BCUT2D eigenvalue weighted by molar-refractivity contribution is 7.99. The van der Waals surface area contributed by atoms with Gasteiger partial charge in [-0.15, -0.1) is 0 Å². The first kappa shape index (κ1) is 12.5. The second kappa shape index (κ2) is 4.63. The van der Waals surface area contributed by atoms with Gasteiger partial charge in [-0.1, -0.05) is 0 Å². The largest absolute Gasteiger partial charge is 0.399 e. The Labute approximate surface area is 124 Å². The Hall–Kier alpha value is -2.28. The zero-order valence-corrected chi connectivity index (χ0v) is 11.9. The van der Waals surface area contributed by atoms with Crippen LogP contribution in [0.4, 0.5) is 5.69 Å². The van der Waals surface area contributed by atoms with Crippen molar-refractivity contribution in [1.82, 2.24) is 19.5 Å². The molecule has 106 valence electrons. The topological polar surface area (TPSA) is 89.6 Å². The quantitative estimate of drug-likeness (QED) is 0.724. The summed E-state index contributed by atoms with van der Waals surface area (Å²) in [6.45, 7) is 0. The van der Waals surface area contributed by atoms with Gasteiger partial charge in [0.05, 0.1) is 11.0 Å². The van der Waals surface area contributed by atoms with Crippen LogP contribution in [0.15, 0.2) is 45.6 Å². The Morgan fingerprint density at radius 1 is 1.38 bits per heavy atom. The van der Waals surface area contributed by atoms with E-state index < -0.39 is 0 Å². The molecule has 0 atom stereocenters. The molecule has 1 saturated carbocycles. The van der Waals surface area contributed by atoms with E-state index in [0.717, 1.165) is 23.9 Å². The normalized spacial score (nSPS) is 14.7. The average Bonchev–Trinajstić information content (AvgIpc) is 3.22. The molecule has 6 nitrogen and oxygen atoms in total. The van der Waals surface area contributed by atoms with Gasteiger partial charge in [0.25, 0.3) is 5.56 Å². The molecule has 0 saturated heterocycles. The van der Waals surface area contributed by atoms with Crippen LogP contribution in [0.1, 0.15) is 18.9 Å². The van der Waals surface area contributed by atoms with E-state index in [0.29, 0.717) is 21.9 Å². The molecule has 2 aromatic heterocycles. The molecule has 0 spiro atoms. The molecule has 2 heterocycles. The Kier molecular flexibility index (Phi) is 2.75. The van der Waals surface area contributed by atoms with Crippen molar-refractivity contribution in [3.05, 3.63) is 40.9 Å². The van der Waals surface area contributed by atoms with Crippen molar-refractivity contribution < 1.29 is 0 Å². The maximum Gasteiger partial charge on any atom is 0.283 e. The summed E-state index contributed by atoms with van der Waals surface area (Å²) in [5.41, 5.74) is 8.06. The van der Waals surface area contributed by atoms with Crippen LogP contribution in [0.25, 0.3) is 11.0 Å². The summed E-state index contributed by atoms with van der Waals surface area (Å²) >= 11 is 1.25. The van der Waals surface area contributed by atoms with Crippen LogP contribution in [-0.2, 0) is 0 Å². The molecule has 1 aliphatic rings. The highest BCUT2D eigenvalue weighted by Crippen LogP contribution is 2.33.